The normalized spacial score (nSPS) is 13.9. The molecule has 4 rings (SSSR count). The zero-order valence-electron chi connectivity index (χ0n) is 19.3. The highest BCUT2D eigenvalue weighted by atomic mass is 32.2. The fourth-order valence-electron chi connectivity index (χ4n) is 3.85. The molecule has 1 saturated heterocycles. The second kappa shape index (κ2) is 12.4. The SMILES string of the molecule is N#CCCN(C(=O)CSc1nnc(-c2ccc(F)cc2)n1CCN1CCOCC1)c1ccccc1. The summed E-state index contributed by atoms with van der Waals surface area (Å²) in [6, 6.07) is 17.6. The predicted octanol–water partition coefficient (Wildman–Crippen LogP) is 3.46. The molecule has 3 aromatic rings. The molecular weight excluding hydrogens is 467 g/mol. The maximum absolute atomic E-state index is 13.5. The van der Waals surface area contributed by atoms with Gasteiger partial charge >= 0.3 is 0 Å². The van der Waals surface area contributed by atoms with Gasteiger partial charge in [0.15, 0.2) is 11.0 Å². The summed E-state index contributed by atoms with van der Waals surface area (Å²) in [6.45, 7) is 4.88. The van der Waals surface area contributed by atoms with Gasteiger partial charge in [-0.3, -0.25) is 9.69 Å². The van der Waals surface area contributed by atoms with Gasteiger partial charge in [0.2, 0.25) is 5.91 Å². The van der Waals surface area contributed by atoms with Crippen molar-refractivity contribution in [3.8, 4) is 17.5 Å². The van der Waals surface area contributed by atoms with E-state index in [1.807, 2.05) is 34.9 Å². The number of benzene rings is 2. The topological polar surface area (TPSA) is 87.3 Å². The van der Waals surface area contributed by atoms with Crippen molar-refractivity contribution in [2.75, 3.05) is 50.0 Å². The van der Waals surface area contributed by atoms with Crippen molar-refractivity contribution >= 4 is 23.4 Å². The van der Waals surface area contributed by atoms with Gasteiger partial charge in [0.25, 0.3) is 0 Å². The van der Waals surface area contributed by atoms with Crippen molar-refractivity contribution in [1.82, 2.24) is 19.7 Å². The maximum atomic E-state index is 13.5. The van der Waals surface area contributed by atoms with Crippen LogP contribution in [-0.4, -0.2) is 70.7 Å². The van der Waals surface area contributed by atoms with Gasteiger partial charge < -0.3 is 14.2 Å². The third kappa shape index (κ3) is 6.66. The molecule has 0 spiro atoms. The van der Waals surface area contributed by atoms with Crippen molar-refractivity contribution < 1.29 is 13.9 Å². The molecule has 2 aromatic carbocycles. The minimum Gasteiger partial charge on any atom is -0.379 e. The number of amides is 1. The number of hydrogen-bond acceptors (Lipinski definition) is 7. The summed E-state index contributed by atoms with van der Waals surface area (Å²) in [5.74, 6) is 0.367. The van der Waals surface area contributed by atoms with Gasteiger partial charge in [0.1, 0.15) is 5.82 Å². The van der Waals surface area contributed by atoms with Crippen LogP contribution in [0.15, 0.2) is 59.8 Å². The molecule has 1 aliphatic heterocycles. The van der Waals surface area contributed by atoms with Crippen LogP contribution < -0.4 is 4.90 Å². The van der Waals surface area contributed by atoms with Crippen LogP contribution in [0.25, 0.3) is 11.4 Å². The number of nitriles is 1. The lowest BCUT2D eigenvalue weighted by molar-refractivity contribution is -0.116. The molecule has 1 fully saturated rings. The minimum atomic E-state index is -0.313. The number of carbonyl (C=O) groups excluding carboxylic acids is 1. The second-order valence-electron chi connectivity index (χ2n) is 8.00. The van der Waals surface area contributed by atoms with E-state index < -0.39 is 0 Å². The van der Waals surface area contributed by atoms with Crippen molar-refractivity contribution in [1.29, 1.82) is 5.26 Å². The van der Waals surface area contributed by atoms with Gasteiger partial charge in [-0.2, -0.15) is 5.26 Å². The van der Waals surface area contributed by atoms with Crippen LogP contribution >= 0.6 is 11.8 Å². The van der Waals surface area contributed by atoms with E-state index in [0.29, 0.717) is 37.3 Å². The molecule has 2 heterocycles. The molecule has 35 heavy (non-hydrogen) atoms. The first kappa shape index (κ1) is 24.9. The number of carbonyl (C=O) groups is 1. The Bertz CT molecular complexity index is 1140. The van der Waals surface area contributed by atoms with E-state index in [1.54, 1.807) is 17.0 Å². The molecule has 1 amide bonds. The molecule has 0 aliphatic carbocycles. The summed E-state index contributed by atoms with van der Waals surface area (Å²) in [5, 5.41) is 18.4. The summed E-state index contributed by atoms with van der Waals surface area (Å²) in [5.41, 5.74) is 1.52. The molecule has 1 aromatic heterocycles. The Morgan fingerprint density at radius 2 is 1.83 bits per heavy atom. The molecule has 0 atom stereocenters. The molecule has 10 heteroatoms. The molecule has 0 N–H and O–H groups in total. The monoisotopic (exact) mass is 494 g/mol. The number of hydrogen-bond donors (Lipinski definition) is 0. The quantitative estimate of drug-likeness (QED) is 0.399. The van der Waals surface area contributed by atoms with Gasteiger partial charge in [-0.05, 0) is 36.4 Å². The molecule has 0 radical (unpaired) electrons. The van der Waals surface area contributed by atoms with Crippen LogP contribution in [0.1, 0.15) is 6.42 Å². The Labute approximate surface area is 208 Å². The third-order valence-electron chi connectivity index (χ3n) is 5.70. The molecule has 0 unspecified atom stereocenters. The van der Waals surface area contributed by atoms with Crippen LogP contribution in [0, 0.1) is 17.1 Å². The predicted molar refractivity (Wildman–Crippen MR) is 132 cm³/mol. The van der Waals surface area contributed by atoms with E-state index in [1.165, 1.54) is 23.9 Å². The molecular formula is C25H27FN6O2S. The van der Waals surface area contributed by atoms with E-state index in [2.05, 4.69) is 21.2 Å². The number of ether oxygens (including phenoxy) is 1. The van der Waals surface area contributed by atoms with E-state index in [4.69, 9.17) is 10.00 Å². The Balaban J connectivity index is 1.51. The summed E-state index contributed by atoms with van der Waals surface area (Å²) < 4.78 is 20.9. The number of para-hydroxylation sites is 1. The first-order valence-corrected chi connectivity index (χ1v) is 12.5. The largest absolute Gasteiger partial charge is 0.379 e. The number of morpholine rings is 1. The Kier molecular flexibility index (Phi) is 8.84. The van der Waals surface area contributed by atoms with Crippen LogP contribution in [0.4, 0.5) is 10.1 Å². The van der Waals surface area contributed by atoms with Crippen LogP contribution in [0.5, 0.6) is 0 Å². The molecule has 0 saturated carbocycles. The molecule has 1 aliphatic rings. The number of aromatic nitrogens is 3. The lowest BCUT2D eigenvalue weighted by atomic mass is 10.2. The Hall–Kier alpha value is -3.26. The fraction of sp³-hybridized carbons (Fsp3) is 0.360. The highest BCUT2D eigenvalue weighted by Crippen LogP contribution is 2.25. The molecule has 0 bridgehead atoms. The average Bonchev–Trinajstić information content (AvgIpc) is 3.30. The molecule has 8 nitrogen and oxygen atoms in total. The smallest absolute Gasteiger partial charge is 0.237 e. The van der Waals surface area contributed by atoms with Gasteiger partial charge in [0, 0.05) is 44.0 Å². The summed E-state index contributed by atoms with van der Waals surface area (Å²) in [7, 11) is 0. The van der Waals surface area contributed by atoms with Crippen LogP contribution in [-0.2, 0) is 16.1 Å². The van der Waals surface area contributed by atoms with Crippen molar-refractivity contribution in [2.45, 2.75) is 18.1 Å². The maximum Gasteiger partial charge on any atom is 0.237 e. The molecule has 182 valence electrons. The van der Waals surface area contributed by atoms with Crippen LogP contribution in [0.3, 0.4) is 0 Å². The van der Waals surface area contributed by atoms with E-state index in [0.717, 1.165) is 30.9 Å². The number of anilines is 1. The number of thioether (sulfide) groups is 1. The van der Waals surface area contributed by atoms with Crippen molar-refractivity contribution in [3.63, 3.8) is 0 Å². The Morgan fingerprint density at radius 1 is 1.09 bits per heavy atom. The van der Waals surface area contributed by atoms with Crippen LogP contribution in [0.2, 0.25) is 0 Å². The highest BCUT2D eigenvalue weighted by Gasteiger charge is 2.20. The minimum absolute atomic E-state index is 0.109. The third-order valence-corrected chi connectivity index (χ3v) is 6.66. The second-order valence-corrected chi connectivity index (χ2v) is 8.94. The first-order valence-electron chi connectivity index (χ1n) is 11.5. The van der Waals surface area contributed by atoms with E-state index >= 15 is 0 Å². The van der Waals surface area contributed by atoms with Gasteiger partial charge in [-0.15, -0.1) is 10.2 Å². The standard InChI is InChI=1S/C25H27FN6O2S/c26-21-9-7-20(8-10-21)24-28-29-25(32(24)14-13-30-15-17-34-18-16-30)35-19-23(33)31(12-4-11-27)22-5-2-1-3-6-22/h1-3,5-10H,4,12-19H2. The van der Waals surface area contributed by atoms with Crippen molar-refractivity contribution in [2.24, 2.45) is 0 Å². The van der Waals surface area contributed by atoms with Gasteiger partial charge in [0.05, 0.1) is 31.5 Å². The number of halogens is 1. The van der Waals surface area contributed by atoms with Gasteiger partial charge in [-0.25, -0.2) is 4.39 Å². The lowest BCUT2D eigenvalue weighted by Gasteiger charge is -2.27. The summed E-state index contributed by atoms with van der Waals surface area (Å²) in [4.78, 5) is 17.1. The highest BCUT2D eigenvalue weighted by molar-refractivity contribution is 7.99. The number of nitrogens with zero attached hydrogens (tertiary/aromatic N) is 6. The van der Waals surface area contributed by atoms with E-state index in [9.17, 15) is 9.18 Å². The first-order chi connectivity index (χ1) is 17.2. The number of rotatable bonds is 10. The van der Waals surface area contributed by atoms with Gasteiger partial charge in [-0.1, -0.05) is 30.0 Å². The van der Waals surface area contributed by atoms with Crippen molar-refractivity contribution in [3.05, 3.63) is 60.4 Å². The lowest BCUT2D eigenvalue weighted by Crippen LogP contribution is -2.38. The van der Waals surface area contributed by atoms with E-state index in [-0.39, 0.29) is 23.9 Å². The Morgan fingerprint density at radius 3 is 2.54 bits per heavy atom. The summed E-state index contributed by atoms with van der Waals surface area (Å²) in [6.07, 6.45) is 0.246. The average molecular weight is 495 g/mol. The zero-order valence-corrected chi connectivity index (χ0v) is 20.2. The summed E-state index contributed by atoms with van der Waals surface area (Å²) >= 11 is 1.31. The zero-order chi connectivity index (χ0) is 24.5. The fourth-order valence-corrected chi connectivity index (χ4v) is 4.69.